The van der Waals surface area contributed by atoms with Crippen molar-refractivity contribution in [3.8, 4) is 0 Å². The molecule has 0 aliphatic rings. The number of nitrogens with two attached hydrogens (primary N) is 2. The molecule has 0 aliphatic heterocycles. The Kier molecular flexibility index (Phi) is 19.5. The molecule has 0 amide bonds. The highest BCUT2D eigenvalue weighted by Gasteiger charge is 2.02. The second kappa shape index (κ2) is 21.7. The van der Waals surface area contributed by atoms with Crippen LogP contribution in [0.25, 0.3) is 0 Å². The molecule has 0 aromatic heterocycles. The normalized spacial score (nSPS) is 11.3. The molecule has 2 heteroatoms. The first-order chi connectivity index (χ1) is 15.8. The third kappa shape index (κ3) is 16.5. The van der Waals surface area contributed by atoms with E-state index in [2.05, 4.69) is 13.0 Å². The number of anilines is 2. The molecule has 1 aromatic carbocycles. The van der Waals surface area contributed by atoms with Crippen LogP contribution >= 0.6 is 0 Å². The minimum absolute atomic E-state index is 0.723. The highest BCUT2D eigenvalue weighted by molar-refractivity contribution is 5.67. The molecule has 4 N–H and O–H groups in total. The molecule has 0 heterocycles. The second-order valence-corrected chi connectivity index (χ2v) is 10.1. The fraction of sp³-hybridized carbons (Fsp3) is 0.800. The molecule has 186 valence electrons. The van der Waals surface area contributed by atoms with Crippen molar-refractivity contribution in [1.82, 2.24) is 0 Å². The molecule has 0 saturated carbocycles. The van der Waals surface area contributed by atoms with Gasteiger partial charge in [0, 0.05) is 0 Å². The SMILES string of the molecule is CCCCCCCCCCCCCCCCCCCCCCCCc1cccc(N)c1N. The van der Waals surface area contributed by atoms with E-state index in [1.807, 2.05) is 12.1 Å². The van der Waals surface area contributed by atoms with Crippen LogP contribution < -0.4 is 11.5 Å². The van der Waals surface area contributed by atoms with Crippen molar-refractivity contribution in [3.63, 3.8) is 0 Å². The van der Waals surface area contributed by atoms with E-state index in [0.717, 1.165) is 17.8 Å². The van der Waals surface area contributed by atoms with Crippen molar-refractivity contribution < 1.29 is 0 Å². The van der Waals surface area contributed by atoms with E-state index in [0.29, 0.717) is 0 Å². The van der Waals surface area contributed by atoms with E-state index >= 15 is 0 Å². The zero-order valence-electron chi connectivity index (χ0n) is 21.7. The first-order valence-electron chi connectivity index (χ1n) is 14.4. The van der Waals surface area contributed by atoms with Gasteiger partial charge in [0.05, 0.1) is 11.4 Å². The van der Waals surface area contributed by atoms with Crippen LogP contribution in [-0.2, 0) is 6.42 Å². The van der Waals surface area contributed by atoms with Crippen molar-refractivity contribution in [2.75, 3.05) is 11.5 Å². The Bertz CT molecular complexity index is 526. The van der Waals surface area contributed by atoms with Crippen molar-refractivity contribution >= 4 is 11.4 Å². The molecule has 32 heavy (non-hydrogen) atoms. The summed E-state index contributed by atoms with van der Waals surface area (Å²) in [7, 11) is 0. The van der Waals surface area contributed by atoms with Gasteiger partial charge in [-0.3, -0.25) is 0 Å². The van der Waals surface area contributed by atoms with E-state index in [9.17, 15) is 0 Å². The number of para-hydroxylation sites is 1. The lowest BCUT2D eigenvalue weighted by molar-refractivity contribution is 0.519. The summed E-state index contributed by atoms with van der Waals surface area (Å²) in [5, 5.41) is 0. The highest BCUT2D eigenvalue weighted by Crippen LogP contribution is 2.22. The summed E-state index contributed by atoms with van der Waals surface area (Å²) >= 11 is 0. The van der Waals surface area contributed by atoms with Gasteiger partial charge in [0.1, 0.15) is 0 Å². The summed E-state index contributed by atoms with van der Waals surface area (Å²) in [6.07, 6.45) is 32.5. The molecule has 2 nitrogen and oxygen atoms in total. The molecule has 0 atom stereocenters. The van der Waals surface area contributed by atoms with Crippen LogP contribution in [0.15, 0.2) is 18.2 Å². The number of benzene rings is 1. The van der Waals surface area contributed by atoms with Gasteiger partial charge < -0.3 is 11.5 Å². The Morgan fingerprint density at radius 2 is 0.812 bits per heavy atom. The van der Waals surface area contributed by atoms with Gasteiger partial charge in [0.25, 0.3) is 0 Å². The Hall–Kier alpha value is -1.18. The maximum Gasteiger partial charge on any atom is 0.0580 e. The molecular weight excluding hydrogens is 388 g/mol. The van der Waals surface area contributed by atoms with Gasteiger partial charge >= 0.3 is 0 Å². The largest absolute Gasteiger partial charge is 0.397 e. The standard InChI is InChI=1S/C30H56N2/c1-2-3-4-5-6-7-8-9-10-11-12-13-14-15-16-17-18-19-20-21-22-23-25-28-26-24-27-29(31)30(28)32/h24,26-27H,2-23,25,31-32H2,1H3. The number of hydrogen-bond donors (Lipinski definition) is 2. The monoisotopic (exact) mass is 444 g/mol. The molecule has 0 fully saturated rings. The lowest BCUT2D eigenvalue weighted by atomic mass is 10.0. The van der Waals surface area contributed by atoms with E-state index < -0.39 is 0 Å². The highest BCUT2D eigenvalue weighted by atomic mass is 14.7. The van der Waals surface area contributed by atoms with Crippen LogP contribution in [0, 0.1) is 0 Å². The van der Waals surface area contributed by atoms with Crippen LogP contribution in [-0.4, -0.2) is 0 Å². The van der Waals surface area contributed by atoms with E-state index in [4.69, 9.17) is 11.5 Å². The topological polar surface area (TPSA) is 52.0 Å². The maximum atomic E-state index is 6.05. The number of hydrogen-bond acceptors (Lipinski definition) is 2. The van der Waals surface area contributed by atoms with Gasteiger partial charge in [-0.2, -0.15) is 0 Å². The van der Waals surface area contributed by atoms with Crippen molar-refractivity contribution in [1.29, 1.82) is 0 Å². The van der Waals surface area contributed by atoms with Crippen LogP contribution in [0.5, 0.6) is 0 Å². The molecule has 0 spiro atoms. The second-order valence-electron chi connectivity index (χ2n) is 10.1. The van der Waals surface area contributed by atoms with Crippen molar-refractivity contribution in [2.45, 2.75) is 155 Å². The summed E-state index contributed by atoms with van der Waals surface area (Å²) in [5.74, 6) is 0. The molecule has 0 bridgehead atoms. The lowest BCUT2D eigenvalue weighted by Crippen LogP contribution is -1.99. The molecule has 0 unspecified atom stereocenters. The van der Waals surface area contributed by atoms with Crippen molar-refractivity contribution in [2.24, 2.45) is 0 Å². The van der Waals surface area contributed by atoms with Gasteiger partial charge in [-0.1, -0.05) is 154 Å². The first kappa shape index (κ1) is 28.9. The number of unbranched alkanes of at least 4 members (excludes halogenated alkanes) is 21. The Morgan fingerprint density at radius 1 is 0.469 bits per heavy atom. The summed E-state index contributed by atoms with van der Waals surface area (Å²) in [6.45, 7) is 2.30. The van der Waals surface area contributed by atoms with E-state index in [1.165, 1.54) is 147 Å². The van der Waals surface area contributed by atoms with Gasteiger partial charge in [0.2, 0.25) is 0 Å². The van der Waals surface area contributed by atoms with Crippen LogP contribution in [0.3, 0.4) is 0 Å². The average molecular weight is 445 g/mol. The number of nitrogen functional groups attached to an aromatic ring is 2. The van der Waals surface area contributed by atoms with E-state index in [-0.39, 0.29) is 0 Å². The predicted molar refractivity (Wildman–Crippen MR) is 146 cm³/mol. The van der Waals surface area contributed by atoms with E-state index in [1.54, 1.807) is 0 Å². The Labute approximate surface area is 201 Å². The third-order valence-electron chi connectivity index (χ3n) is 7.03. The molecule has 1 aromatic rings. The van der Waals surface area contributed by atoms with Gasteiger partial charge in [-0.05, 0) is 24.5 Å². The lowest BCUT2D eigenvalue weighted by Gasteiger charge is -2.08. The third-order valence-corrected chi connectivity index (χ3v) is 7.03. The predicted octanol–water partition coefficient (Wildman–Crippen LogP) is 10.00. The summed E-state index contributed by atoms with van der Waals surface area (Å²) in [4.78, 5) is 0. The summed E-state index contributed by atoms with van der Waals surface area (Å²) < 4.78 is 0. The van der Waals surface area contributed by atoms with Gasteiger partial charge in [0.15, 0.2) is 0 Å². The molecule has 0 saturated heterocycles. The van der Waals surface area contributed by atoms with Crippen LogP contribution in [0.2, 0.25) is 0 Å². The van der Waals surface area contributed by atoms with Crippen LogP contribution in [0.1, 0.15) is 154 Å². The molecule has 0 aliphatic carbocycles. The maximum absolute atomic E-state index is 6.05. The fourth-order valence-electron chi connectivity index (χ4n) is 4.78. The van der Waals surface area contributed by atoms with Crippen molar-refractivity contribution in [3.05, 3.63) is 23.8 Å². The van der Waals surface area contributed by atoms with Gasteiger partial charge in [-0.15, -0.1) is 0 Å². The minimum Gasteiger partial charge on any atom is -0.397 e. The Morgan fingerprint density at radius 3 is 1.19 bits per heavy atom. The molecular formula is C30H56N2. The summed E-state index contributed by atoms with van der Waals surface area (Å²) in [5.41, 5.74) is 14.7. The quantitative estimate of drug-likeness (QED) is 0.130. The van der Waals surface area contributed by atoms with Gasteiger partial charge in [-0.25, -0.2) is 0 Å². The zero-order chi connectivity index (χ0) is 23.1. The smallest absolute Gasteiger partial charge is 0.0580 e. The fourth-order valence-corrected chi connectivity index (χ4v) is 4.78. The average Bonchev–Trinajstić information content (AvgIpc) is 2.80. The first-order valence-corrected chi connectivity index (χ1v) is 14.4. The summed E-state index contributed by atoms with van der Waals surface area (Å²) in [6, 6.07) is 6.01. The molecule has 1 rings (SSSR count). The number of aryl methyl sites for hydroxylation is 1. The van der Waals surface area contributed by atoms with Crippen LogP contribution in [0.4, 0.5) is 11.4 Å². The number of rotatable bonds is 23. The molecule has 0 radical (unpaired) electrons. The Balaban J connectivity index is 1.72. The minimum atomic E-state index is 0.723. The zero-order valence-corrected chi connectivity index (χ0v) is 21.7.